The highest BCUT2D eigenvalue weighted by atomic mass is 79.9. The van der Waals surface area contributed by atoms with Crippen molar-refractivity contribution < 1.29 is 4.79 Å². The first kappa shape index (κ1) is 17.9. The largest absolute Gasteiger partial charge is 0.356 e. The molecule has 1 amide bonds. The average molecular weight is 356 g/mol. The summed E-state index contributed by atoms with van der Waals surface area (Å²) < 4.78 is 1.15. The molecule has 0 bridgehead atoms. The summed E-state index contributed by atoms with van der Waals surface area (Å²) in [4.78, 5) is 12.8. The number of halogens is 2. The van der Waals surface area contributed by atoms with Gasteiger partial charge in [0.25, 0.3) is 0 Å². The van der Waals surface area contributed by atoms with Gasteiger partial charge in [0, 0.05) is 23.9 Å². The summed E-state index contributed by atoms with van der Waals surface area (Å²) in [6, 6.07) is 4.30. The molecule has 0 fully saturated rings. The van der Waals surface area contributed by atoms with Crippen LogP contribution in [-0.2, 0) is 11.2 Å². The Morgan fingerprint density at radius 1 is 1.56 bits per heavy atom. The van der Waals surface area contributed by atoms with Gasteiger partial charge in [-0.15, -0.1) is 23.7 Å². The summed E-state index contributed by atoms with van der Waals surface area (Å²) >= 11 is 5.16. The second-order valence-corrected chi connectivity index (χ2v) is 6.72. The van der Waals surface area contributed by atoms with Gasteiger partial charge in [0.15, 0.2) is 0 Å². The summed E-state index contributed by atoms with van der Waals surface area (Å²) in [5.74, 6) is 0.126. The first-order valence-corrected chi connectivity index (χ1v) is 7.45. The first-order valence-electron chi connectivity index (χ1n) is 5.84. The standard InChI is InChI=1S/C12H19BrN2OS.ClH/c1-9(14)7-8-15-12(16)4-2-3-10-5-6-11(13)17-10;/h5-6,9H,2-4,7-8,14H2,1H3,(H,15,16);1H. The Morgan fingerprint density at radius 2 is 2.28 bits per heavy atom. The molecule has 0 saturated carbocycles. The Kier molecular flexibility index (Phi) is 9.73. The lowest BCUT2D eigenvalue weighted by molar-refractivity contribution is -0.121. The van der Waals surface area contributed by atoms with E-state index in [0.717, 1.165) is 23.0 Å². The van der Waals surface area contributed by atoms with Gasteiger partial charge in [-0.3, -0.25) is 4.79 Å². The normalized spacial score (nSPS) is 11.7. The van der Waals surface area contributed by atoms with E-state index in [1.807, 2.05) is 13.0 Å². The molecular weight excluding hydrogens is 336 g/mol. The fourth-order valence-electron chi connectivity index (χ4n) is 1.44. The molecule has 0 saturated heterocycles. The third-order valence-corrected chi connectivity index (χ3v) is 4.06. The molecule has 1 heterocycles. The number of rotatable bonds is 7. The maximum Gasteiger partial charge on any atom is 0.220 e. The monoisotopic (exact) mass is 354 g/mol. The van der Waals surface area contributed by atoms with Crippen molar-refractivity contribution in [1.82, 2.24) is 5.32 Å². The third kappa shape index (κ3) is 8.08. The second-order valence-electron chi connectivity index (χ2n) is 4.18. The van der Waals surface area contributed by atoms with E-state index in [0.29, 0.717) is 13.0 Å². The molecule has 0 aromatic carbocycles. The number of nitrogens with one attached hydrogen (secondary N) is 1. The summed E-state index contributed by atoms with van der Waals surface area (Å²) in [6.45, 7) is 2.63. The quantitative estimate of drug-likeness (QED) is 0.789. The Labute approximate surface area is 127 Å². The highest BCUT2D eigenvalue weighted by molar-refractivity contribution is 9.11. The Balaban J connectivity index is 0.00000289. The number of thiophene rings is 1. The minimum atomic E-state index is 0. The van der Waals surface area contributed by atoms with E-state index in [4.69, 9.17) is 5.73 Å². The van der Waals surface area contributed by atoms with Crippen molar-refractivity contribution in [2.45, 2.75) is 38.6 Å². The van der Waals surface area contributed by atoms with Crippen LogP contribution >= 0.6 is 39.7 Å². The van der Waals surface area contributed by atoms with Crippen molar-refractivity contribution in [3.05, 3.63) is 20.8 Å². The lowest BCUT2D eigenvalue weighted by Crippen LogP contribution is -2.28. The zero-order valence-electron chi connectivity index (χ0n) is 10.4. The molecule has 1 atom stereocenters. The van der Waals surface area contributed by atoms with Gasteiger partial charge < -0.3 is 11.1 Å². The van der Waals surface area contributed by atoms with Crippen LogP contribution in [0.2, 0.25) is 0 Å². The fraction of sp³-hybridized carbons (Fsp3) is 0.583. The lowest BCUT2D eigenvalue weighted by atomic mass is 10.2. The average Bonchev–Trinajstić information content (AvgIpc) is 2.63. The van der Waals surface area contributed by atoms with Gasteiger partial charge in [0.1, 0.15) is 0 Å². The smallest absolute Gasteiger partial charge is 0.220 e. The van der Waals surface area contributed by atoms with Crippen LogP contribution in [0, 0.1) is 0 Å². The van der Waals surface area contributed by atoms with Crippen LogP contribution in [0.4, 0.5) is 0 Å². The lowest BCUT2D eigenvalue weighted by Gasteiger charge is -2.06. The van der Waals surface area contributed by atoms with E-state index >= 15 is 0 Å². The van der Waals surface area contributed by atoms with Crippen LogP contribution in [0.25, 0.3) is 0 Å². The van der Waals surface area contributed by atoms with Gasteiger partial charge >= 0.3 is 0 Å². The molecular formula is C12H20BrClN2OS. The Bertz CT molecular complexity index is 358. The summed E-state index contributed by atoms with van der Waals surface area (Å²) in [5.41, 5.74) is 5.60. The molecule has 1 aromatic heterocycles. The van der Waals surface area contributed by atoms with Crippen LogP contribution in [0.1, 0.15) is 31.1 Å². The van der Waals surface area contributed by atoms with Crippen molar-refractivity contribution in [2.24, 2.45) is 5.73 Å². The summed E-state index contributed by atoms with van der Waals surface area (Å²) in [6.07, 6.45) is 3.30. The van der Waals surface area contributed by atoms with Crippen molar-refractivity contribution >= 4 is 45.6 Å². The van der Waals surface area contributed by atoms with Crippen LogP contribution in [0.5, 0.6) is 0 Å². The van der Waals surface area contributed by atoms with E-state index in [1.54, 1.807) is 11.3 Å². The van der Waals surface area contributed by atoms with Crippen LogP contribution < -0.4 is 11.1 Å². The van der Waals surface area contributed by atoms with Gasteiger partial charge in [0.2, 0.25) is 5.91 Å². The van der Waals surface area contributed by atoms with Gasteiger partial charge in [0.05, 0.1) is 3.79 Å². The number of aryl methyl sites for hydroxylation is 1. The molecule has 0 spiro atoms. The Hall–Kier alpha value is -0.100. The van der Waals surface area contributed by atoms with E-state index in [9.17, 15) is 4.79 Å². The van der Waals surface area contributed by atoms with E-state index in [-0.39, 0.29) is 24.4 Å². The van der Waals surface area contributed by atoms with Crippen molar-refractivity contribution in [3.8, 4) is 0 Å². The number of hydrogen-bond acceptors (Lipinski definition) is 3. The SMILES string of the molecule is CC(N)CCNC(=O)CCCc1ccc(Br)s1.Cl. The molecule has 1 rings (SSSR count). The number of carbonyl (C=O) groups is 1. The summed E-state index contributed by atoms with van der Waals surface area (Å²) in [5, 5.41) is 2.88. The zero-order valence-corrected chi connectivity index (χ0v) is 13.7. The van der Waals surface area contributed by atoms with Crippen molar-refractivity contribution in [1.29, 1.82) is 0 Å². The highest BCUT2D eigenvalue weighted by Crippen LogP contribution is 2.23. The molecule has 3 nitrogen and oxygen atoms in total. The van der Waals surface area contributed by atoms with E-state index in [1.165, 1.54) is 4.88 Å². The van der Waals surface area contributed by atoms with E-state index in [2.05, 4.69) is 27.3 Å². The van der Waals surface area contributed by atoms with E-state index < -0.39 is 0 Å². The Morgan fingerprint density at radius 3 is 2.83 bits per heavy atom. The molecule has 0 aliphatic rings. The maximum absolute atomic E-state index is 11.5. The summed E-state index contributed by atoms with van der Waals surface area (Å²) in [7, 11) is 0. The molecule has 0 aliphatic carbocycles. The predicted molar refractivity (Wildman–Crippen MR) is 83.5 cm³/mol. The van der Waals surface area contributed by atoms with Gasteiger partial charge in [-0.05, 0) is 54.2 Å². The number of carbonyl (C=O) groups excluding carboxylic acids is 1. The minimum absolute atomic E-state index is 0. The molecule has 18 heavy (non-hydrogen) atoms. The first-order chi connectivity index (χ1) is 8.08. The van der Waals surface area contributed by atoms with Crippen molar-refractivity contribution in [3.63, 3.8) is 0 Å². The highest BCUT2D eigenvalue weighted by Gasteiger charge is 2.03. The van der Waals surface area contributed by atoms with Crippen LogP contribution in [0.3, 0.4) is 0 Å². The van der Waals surface area contributed by atoms with Gasteiger partial charge in [-0.1, -0.05) is 0 Å². The number of amides is 1. The molecule has 104 valence electrons. The predicted octanol–water partition coefficient (Wildman–Crippen LogP) is 3.11. The minimum Gasteiger partial charge on any atom is -0.356 e. The molecule has 6 heteroatoms. The number of nitrogens with two attached hydrogens (primary N) is 1. The second kappa shape index (κ2) is 9.78. The van der Waals surface area contributed by atoms with Crippen LogP contribution in [0.15, 0.2) is 15.9 Å². The molecule has 0 aliphatic heterocycles. The zero-order chi connectivity index (χ0) is 12.7. The number of hydrogen-bond donors (Lipinski definition) is 2. The molecule has 1 unspecified atom stereocenters. The topological polar surface area (TPSA) is 55.1 Å². The third-order valence-electron chi connectivity index (χ3n) is 2.38. The van der Waals surface area contributed by atoms with Gasteiger partial charge in [-0.2, -0.15) is 0 Å². The van der Waals surface area contributed by atoms with Crippen LogP contribution in [-0.4, -0.2) is 18.5 Å². The molecule has 1 aromatic rings. The molecule has 3 N–H and O–H groups in total. The maximum atomic E-state index is 11.5. The van der Waals surface area contributed by atoms with Gasteiger partial charge in [-0.25, -0.2) is 0 Å². The van der Waals surface area contributed by atoms with Crippen molar-refractivity contribution in [2.75, 3.05) is 6.54 Å². The fourth-order valence-corrected chi connectivity index (χ4v) is 2.96. The molecule has 0 radical (unpaired) electrons.